The van der Waals surface area contributed by atoms with E-state index in [-0.39, 0.29) is 5.91 Å². The Hall–Kier alpha value is -2.57. The van der Waals surface area contributed by atoms with Gasteiger partial charge in [0.1, 0.15) is 0 Å². The van der Waals surface area contributed by atoms with E-state index in [9.17, 15) is 9.59 Å². The number of rotatable bonds is 5. The molecule has 2 N–H and O–H groups in total. The van der Waals surface area contributed by atoms with Gasteiger partial charge in [-0.05, 0) is 24.3 Å². The van der Waals surface area contributed by atoms with Crippen molar-refractivity contribution < 1.29 is 9.59 Å². The molecule has 1 aliphatic heterocycles. The van der Waals surface area contributed by atoms with E-state index in [0.717, 1.165) is 26.2 Å². The Morgan fingerprint density at radius 1 is 0.889 bits per heavy atom. The minimum absolute atomic E-state index is 0.221. The number of carbonyl (C=O) groups excluding carboxylic acids is 2. The minimum atomic E-state index is -0.426. The molecule has 2 aromatic carbocycles. The van der Waals surface area contributed by atoms with Gasteiger partial charge in [0.25, 0.3) is 5.91 Å². The number of nitrogens with one attached hydrogen (secondary N) is 2. The number of carbonyl (C=O) groups is 2. The van der Waals surface area contributed by atoms with Gasteiger partial charge in [-0.1, -0.05) is 41.9 Å². The molecule has 0 bridgehead atoms. The molecule has 1 fully saturated rings. The SMILES string of the molecule is O=C(CCN1CCN(c2ccccc2)CC1)NNC(=O)c1ccccc1Cl. The summed E-state index contributed by atoms with van der Waals surface area (Å²) in [6, 6.07) is 17.0. The van der Waals surface area contributed by atoms with Crippen LogP contribution in [0.15, 0.2) is 54.6 Å². The van der Waals surface area contributed by atoms with Crippen molar-refractivity contribution in [3.63, 3.8) is 0 Å². The number of nitrogens with zero attached hydrogens (tertiary/aromatic N) is 2. The van der Waals surface area contributed by atoms with E-state index in [1.54, 1.807) is 24.3 Å². The predicted octanol–water partition coefficient (Wildman–Crippen LogP) is 2.31. The standard InChI is InChI=1S/C20H23ClN4O2/c21-18-9-5-4-8-17(18)20(27)23-22-19(26)10-11-24-12-14-25(15-13-24)16-6-2-1-3-7-16/h1-9H,10-15H2,(H,22,26)(H,23,27). The van der Waals surface area contributed by atoms with Crippen LogP contribution in [-0.4, -0.2) is 49.4 Å². The maximum absolute atomic E-state index is 12.0. The van der Waals surface area contributed by atoms with Crippen molar-refractivity contribution in [3.05, 3.63) is 65.2 Å². The molecule has 2 aromatic rings. The van der Waals surface area contributed by atoms with Gasteiger partial charge in [-0.2, -0.15) is 0 Å². The fourth-order valence-corrected chi connectivity index (χ4v) is 3.25. The second-order valence-corrected chi connectivity index (χ2v) is 6.80. The lowest BCUT2D eigenvalue weighted by atomic mass is 10.2. The second kappa shape index (κ2) is 9.39. The molecule has 1 saturated heterocycles. The highest BCUT2D eigenvalue weighted by atomic mass is 35.5. The van der Waals surface area contributed by atoms with E-state index in [4.69, 9.17) is 11.6 Å². The summed E-state index contributed by atoms with van der Waals surface area (Å²) in [6.45, 7) is 4.36. The van der Waals surface area contributed by atoms with Crippen LogP contribution in [0, 0.1) is 0 Å². The molecule has 3 rings (SSSR count). The fraction of sp³-hybridized carbons (Fsp3) is 0.300. The molecule has 0 unspecified atom stereocenters. The first-order chi connectivity index (χ1) is 13.1. The first-order valence-electron chi connectivity index (χ1n) is 8.99. The summed E-state index contributed by atoms with van der Waals surface area (Å²) in [5, 5.41) is 0.348. The van der Waals surface area contributed by atoms with Crippen LogP contribution in [0.25, 0.3) is 0 Å². The molecule has 0 saturated carbocycles. The van der Waals surface area contributed by atoms with Crippen LogP contribution >= 0.6 is 11.6 Å². The summed E-state index contributed by atoms with van der Waals surface area (Å²) in [7, 11) is 0. The third-order valence-electron chi connectivity index (χ3n) is 4.58. The zero-order valence-electron chi connectivity index (χ0n) is 15.0. The van der Waals surface area contributed by atoms with Gasteiger partial charge in [0.2, 0.25) is 5.91 Å². The molecule has 0 aromatic heterocycles. The third kappa shape index (κ3) is 5.45. The van der Waals surface area contributed by atoms with E-state index in [0.29, 0.717) is 23.6 Å². The summed E-state index contributed by atoms with van der Waals surface area (Å²) in [6.07, 6.45) is 0.328. The molecule has 0 spiro atoms. The van der Waals surface area contributed by atoms with Crippen molar-refractivity contribution in [1.29, 1.82) is 0 Å². The number of hydrazine groups is 1. The lowest BCUT2D eigenvalue weighted by Crippen LogP contribution is -2.48. The monoisotopic (exact) mass is 386 g/mol. The molecule has 7 heteroatoms. The molecular formula is C20H23ClN4O2. The first-order valence-corrected chi connectivity index (χ1v) is 9.37. The topological polar surface area (TPSA) is 64.7 Å². The van der Waals surface area contributed by atoms with Crippen LogP contribution in [0.3, 0.4) is 0 Å². The normalized spacial score (nSPS) is 14.6. The van der Waals surface area contributed by atoms with E-state index in [1.165, 1.54) is 5.69 Å². The van der Waals surface area contributed by atoms with Crippen molar-refractivity contribution in [3.8, 4) is 0 Å². The van der Waals surface area contributed by atoms with Gasteiger partial charge in [0.05, 0.1) is 10.6 Å². The number of anilines is 1. The van der Waals surface area contributed by atoms with Crippen LogP contribution in [0.2, 0.25) is 5.02 Å². The summed E-state index contributed by atoms with van der Waals surface area (Å²) in [5.41, 5.74) is 6.42. The number of piperazine rings is 1. The number of amides is 2. The molecule has 27 heavy (non-hydrogen) atoms. The largest absolute Gasteiger partial charge is 0.369 e. The van der Waals surface area contributed by atoms with Crippen molar-refractivity contribution in [2.75, 3.05) is 37.6 Å². The van der Waals surface area contributed by atoms with Crippen molar-refractivity contribution in [2.24, 2.45) is 0 Å². The maximum atomic E-state index is 12.0. The van der Waals surface area contributed by atoms with Crippen LogP contribution in [0.4, 0.5) is 5.69 Å². The van der Waals surface area contributed by atoms with Gasteiger partial charge in [0.15, 0.2) is 0 Å². The smallest absolute Gasteiger partial charge is 0.271 e. The number of hydrogen-bond donors (Lipinski definition) is 2. The molecule has 0 radical (unpaired) electrons. The Balaban J connectivity index is 1.36. The molecule has 0 atom stereocenters. The van der Waals surface area contributed by atoms with Gasteiger partial charge < -0.3 is 4.90 Å². The zero-order valence-corrected chi connectivity index (χ0v) is 15.8. The summed E-state index contributed by atoms with van der Waals surface area (Å²) < 4.78 is 0. The number of para-hydroxylation sites is 1. The predicted molar refractivity (Wildman–Crippen MR) is 107 cm³/mol. The summed E-state index contributed by atoms with van der Waals surface area (Å²) in [5.74, 6) is -0.647. The molecule has 1 aliphatic rings. The first kappa shape index (κ1) is 19.2. The highest BCUT2D eigenvalue weighted by Gasteiger charge is 2.18. The van der Waals surface area contributed by atoms with Gasteiger partial charge in [-0.15, -0.1) is 0 Å². The molecule has 6 nitrogen and oxygen atoms in total. The summed E-state index contributed by atoms with van der Waals surface area (Å²) >= 11 is 5.97. The van der Waals surface area contributed by atoms with E-state index in [1.807, 2.05) is 18.2 Å². The van der Waals surface area contributed by atoms with E-state index >= 15 is 0 Å². The Kier molecular flexibility index (Phi) is 6.68. The van der Waals surface area contributed by atoms with Crippen LogP contribution < -0.4 is 15.8 Å². The lowest BCUT2D eigenvalue weighted by molar-refractivity contribution is -0.122. The molecule has 2 amide bonds. The molecule has 0 aliphatic carbocycles. The average Bonchev–Trinajstić information content (AvgIpc) is 2.72. The van der Waals surface area contributed by atoms with Crippen molar-refractivity contribution in [1.82, 2.24) is 15.8 Å². The Bertz CT molecular complexity index is 777. The number of halogens is 1. The third-order valence-corrected chi connectivity index (χ3v) is 4.91. The maximum Gasteiger partial charge on any atom is 0.271 e. The Morgan fingerprint density at radius 2 is 1.56 bits per heavy atom. The van der Waals surface area contributed by atoms with E-state index < -0.39 is 5.91 Å². The Morgan fingerprint density at radius 3 is 2.26 bits per heavy atom. The van der Waals surface area contributed by atoms with E-state index in [2.05, 4.69) is 32.8 Å². The lowest BCUT2D eigenvalue weighted by Gasteiger charge is -2.36. The fourth-order valence-electron chi connectivity index (χ4n) is 3.03. The van der Waals surface area contributed by atoms with Crippen molar-refractivity contribution in [2.45, 2.75) is 6.42 Å². The number of benzene rings is 2. The second-order valence-electron chi connectivity index (χ2n) is 6.40. The van der Waals surface area contributed by atoms with Gasteiger partial charge in [0, 0.05) is 44.8 Å². The van der Waals surface area contributed by atoms with Crippen LogP contribution in [-0.2, 0) is 4.79 Å². The Labute approximate surface area is 164 Å². The van der Waals surface area contributed by atoms with Crippen LogP contribution in [0.1, 0.15) is 16.8 Å². The van der Waals surface area contributed by atoms with Gasteiger partial charge >= 0.3 is 0 Å². The average molecular weight is 387 g/mol. The minimum Gasteiger partial charge on any atom is -0.369 e. The number of hydrogen-bond acceptors (Lipinski definition) is 4. The van der Waals surface area contributed by atoms with Crippen LogP contribution in [0.5, 0.6) is 0 Å². The molecule has 1 heterocycles. The summed E-state index contributed by atoms with van der Waals surface area (Å²) in [4.78, 5) is 28.6. The highest BCUT2D eigenvalue weighted by Crippen LogP contribution is 2.16. The van der Waals surface area contributed by atoms with Gasteiger partial charge in [-0.3, -0.25) is 25.3 Å². The molecular weight excluding hydrogens is 364 g/mol. The van der Waals surface area contributed by atoms with Crippen molar-refractivity contribution >= 4 is 29.1 Å². The quantitative estimate of drug-likeness (QED) is 0.774. The van der Waals surface area contributed by atoms with Gasteiger partial charge in [-0.25, -0.2) is 0 Å². The zero-order chi connectivity index (χ0) is 19.1. The molecule has 142 valence electrons. The highest BCUT2D eigenvalue weighted by molar-refractivity contribution is 6.33.